The number of nitrogens with zero attached hydrogens (tertiary/aromatic N) is 1. The summed E-state index contributed by atoms with van der Waals surface area (Å²) in [6.07, 6.45) is 1.60. The van der Waals surface area contributed by atoms with Gasteiger partial charge >= 0.3 is 0 Å². The molecule has 1 aliphatic rings. The maximum Gasteiger partial charge on any atom is 0.257 e. The Morgan fingerprint density at radius 2 is 2.11 bits per heavy atom. The highest BCUT2D eigenvalue weighted by atomic mass is 16.5. The number of hydrogen-bond acceptors (Lipinski definition) is 4. The summed E-state index contributed by atoms with van der Waals surface area (Å²) in [5.74, 6) is 0.609. The maximum absolute atomic E-state index is 12.3. The summed E-state index contributed by atoms with van der Waals surface area (Å²) in [6, 6.07) is 4.63. The lowest BCUT2D eigenvalue weighted by atomic mass is 9.97. The van der Waals surface area contributed by atoms with E-state index < -0.39 is 0 Å². The van der Waals surface area contributed by atoms with Gasteiger partial charge in [0, 0.05) is 19.7 Å². The van der Waals surface area contributed by atoms with Crippen molar-refractivity contribution in [2.24, 2.45) is 5.92 Å². The first-order valence-electron chi connectivity index (χ1n) is 6.43. The van der Waals surface area contributed by atoms with E-state index in [0.29, 0.717) is 18.8 Å². The van der Waals surface area contributed by atoms with E-state index in [1.165, 1.54) is 13.2 Å². The predicted octanol–water partition coefficient (Wildman–Crippen LogP) is 1.25. The van der Waals surface area contributed by atoms with Gasteiger partial charge in [-0.1, -0.05) is 0 Å². The van der Waals surface area contributed by atoms with Crippen LogP contribution < -0.4 is 4.74 Å². The minimum Gasteiger partial charge on any atom is -0.507 e. The number of amides is 1. The van der Waals surface area contributed by atoms with Gasteiger partial charge < -0.3 is 19.8 Å². The van der Waals surface area contributed by atoms with E-state index in [4.69, 9.17) is 9.84 Å². The summed E-state index contributed by atoms with van der Waals surface area (Å²) in [6.45, 7) is 1.40. The fourth-order valence-corrected chi connectivity index (χ4v) is 2.30. The molecule has 19 heavy (non-hydrogen) atoms. The lowest BCUT2D eigenvalue weighted by Gasteiger charge is -2.31. The highest BCUT2D eigenvalue weighted by Crippen LogP contribution is 2.26. The molecule has 104 valence electrons. The van der Waals surface area contributed by atoms with Crippen molar-refractivity contribution in [3.63, 3.8) is 0 Å². The van der Waals surface area contributed by atoms with Crippen molar-refractivity contribution in [3.05, 3.63) is 23.8 Å². The molecule has 1 aromatic carbocycles. The zero-order valence-corrected chi connectivity index (χ0v) is 11.0. The summed E-state index contributed by atoms with van der Waals surface area (Å²) in [7, 11) is 1.52. The van der Waals surface area contributed by atoms with Gasteiger partial charge in [-0.05, 0) is 37.0 Å². The van der Waals surface area contributed by atoms with Crippen molar-refractivity contribution in [1.82, 2.24) is 4.90 Å². The Hall–Kier alpha value is -1.75. The summed E-state index contributed by atoms with van der Waals surface area (Å²) in [5, 5.41) is 18.9. The van der Waals surface area contributed by atoms with E-state index in [1.807, 2.05) is 0 Å². The molecule has 1 amide bonds. The third-order valence-electron chi connectivity index (χ3n) is 3.59. The van der Waals surface area contributed by atoms with E-state index >= 15 is 0 Å². The molecule has 1 aliphatic heterocycles. The molecule has 0 atom stereocenters. The van der Waals surface area contributed by atoms with Gasteiger partial charge in [-0.2, -0.15) is 0 Å². The Kier molecular flexibility index (Phi) is 4.27. The number of phenols is 1. The number of aliphatic hydroxyl groups is 1. The van der Waals surface area contributed by atoms with Crippen molar-refractivity contribution < 1.29 is 19.7 Å². The van der Waals surface area contributed by atoms with E-state index in [1.54, 1.807) is 17.0 Å². The zero-order valence-electron chi connectivity index (χ0n) is 11.0. The monoisotopic (exact) mass is 265 g/mol. The molecule has 0 aliphatic carbocycles. The van der Waals surface area contributed by atoms with E-state index in [2.05, 4.69) is 0 Å². The number of carbonyl (C=O) groups excluding carboxylic acids is 1. The average molecular weight is 265 g/mol. The number of hydrogen-bond donors (Lipinski definition) is 2. The van der Waals surface area contributed by atoms with Gasteiger partial charge in [-0.3, -0.25) is 4.79 Å². The van der Waals surface area contributed by atoms with E-state index in [9.17, 15) is 9.90 Å². The lowest BCUT2D eigenvalue weighted by Crippen LogP contribution is -2.39. The number of piperidine rings is 1. The van der Waals surface area contributed by atoms with E-state index in [0.717, 1.165) is 12.8 Å². The molecule has 0 aromatic heterocycles. The van der Waals surface area contributed by atoms with Gasteiger partial charge in [0.1, 0.15) is 11.5 Å². The predicted molar refractivity (Wildman–Crippen MR) is 70.4 cm³/mol. The quantitative estimate of drug-likeness (QED) is 0.863. The number of carbonyl (C=O) groups is 1. The fourth-order valence-electron chi connectivity index (χ4n) is 2.30. The van der Waals surface area contributed by atoms with Crippen LogP contribution in [0, 0.1) is 5.92 Å². The molecule has 0 spiro atoms. The first-order valence-corrected chi connectivity index (χ1v) is 6.43. The molecule has 0 saturated carbocycles. The fraction of sp³-hybridized carbons (Fsp3) is 0.500. The largest absolute Gasteiger partial charge is 0.507 e. The summed E-state index contributed by atoms with van der Waals surface area (Å²) in [4.78, 5) is 14.0. The third-order valence-corrected chi connectivity index (χ3v) is 3.59. The number of aliphatic hydroxyl groups excluding tert-OH is 1. The van der Waals surface area contributed by atoms with Crippen LogP contribution in [0.5, 0.6) is 11.5 Å². The molecule has 0 bridgehead atoms. The smallest absolute Gasteiger partial charge is 0.257 e. The Morgan fingerprint density at radius 3 is 2.68 bits per heavy atom. The third kappa shape index (κ3) is 2.98. The van der Waals surface area contributed by atoms with Crippen LogP contribution >= 0.6 is 0 Å². The second kappa shape index (κ2) is 5.93. The number of ether oxygens (including phenoxy) is 1. The molecule has 1 fully saturated rings. The minimum atomic E-state index is -0.187. The van der Waals surface area contributed by atoms with Crippen molar-refractivity contribution in [3.8, 4) is 11.5 Å². The molecular weight excluding hydrogens is 246 g/mol. The minimum absolute atomic E-state index is 0.0323. The van der Waals surface area contributed by atoms with Crippen LogP contribution in [-0.2, 0) is 0 Å². The van der Waals surface area contributed by atoms with Crippen LogP contribution in [0.3, 0.4) is 0 Å². The van der Waals surface area contributed by atoms with Crippen molar-refractivity contribution >= 4 is 5.91 Å². The van der Waals surface area contributed by atoms with Gasteiger partial charge in [0.2, 0.25) is 0 Å². The summed E-state index contributed by atoms with van der Waals surface area (Å²) in [5.41, 5.74) is 0.266. The van der Waals surface area contributed by atoms with Crippen LogP contribution in [-0.4, -0.2) is 47.8 Å². The van der Waals surface area contributed by atoms with Crippen LogP contribution in [0.15, 0.2) is 18.2 Å². The summed E-state index contributed by atoms with van der Waals surface area (Å²) >= 11 is 0. The van der Waals surface area contributed by atoms with Crippen LogP contribution in [0.4, 0.5) is 0 Å². The molecular formula is C14H19NO4. The van der Waals surface area contributed by atoms with Gasteiger partial charge in [-0.15, -0.1) is 0 Å². The van der Waals surface area contributed by atoms with Crippen LogP contribution in [0.25, 0.3) is 0 Å². The maximum atomic E-state index is 12.3. The second-order valence-electron chi connectivity index (χ2n) is 4.80. The average Bonchev–Trinajstić information content (AvgIpc) is 2.47. The molecule has 0 radical (unpaired) electrons. The van der Waals surface area contributed by atoms with Crippen LogP contribution in [0.2, 0.25) is 0 Å². The van der Waals surface area contributed by atoms with Gasteiger partial charge in [0.05, 0.1) is 12.7 Å². The lowest BCUT2D eigenvalue weighted by molar-refractivity contribution is 0.0647. The highest BCUT2D eigenvalue weighted by Gasteiger charge is 2.25. The van der Waals surface area contributed by atoms with E-state index in [-0.39, 0.29) is 29.7 Å². The molecule has 5 nitrogen and oxygen atoms in total. The standard InChI is InChI=1S/C14H19NO4/c1-19-11-2-3-13(17)12(8-11)14(18)15-6-4-10(9-16)5-7-15/h2-3,8,10,16-17H,4-7,9H2,1H3. The zero-order chi connectivity index (χ0) is 13.8. The second-order valence-corrected chi connectivity index (χ2v) is 4.80. The Bertz CT molecular complexity index is 453. The molecule has 5 heteroatoms. The van der Waals surface area contributed by atoms with Crippen molar-refractivity contribution in [2.75, 3.05) is 26.8 Å². The first-order chi connectivity index (χ1) is 9.15. The number of rotatable bonds is 3. The highest BCUT2D eigenvalue weighted by molar-refractivity contribution is 5.97. The molecule has 2 N–H and O–H groups in total. The molecule has 0 unspecified atom stereocenters. The van der Waals surface area contributed by atoms with Crippen LogP contribution in [0.1, 0.15) is 23.2 Å². The topological polar surface area (TPSA) is 70.0 Å². The normalized spacial score (nSPS) is 16.4. The number of aromatic hydroxyl groups is 1. The van der Waals surface area contributed by atoms with Gasteiger partial charge in [-0.25, -0.2) is 0 Å². The Labute approximate surface area is 112 Å². The van der Waals surface area contributed by atoms with Gasteiger partial charge in [0.25, 0.3) is 5.91 Å². The SMILES string of the molecule is COc1ccc(O)c(C(=O)N2CCC(CO)CC2)c1. The van der Waals surface area contributed by atoms with Crippen molar-refractivity contribution in [2.45, 2.75) is 12.8 Å². The number of benzene rings is 1. The first kappa shape index (κ1) is 13.7. The number of phenolic OH excluding ortho intramolecular Hbond substituents is 1. The molecule has 1 heterocycles. The number of methoxy groups -OCH3 is 1. The molecule has 1 aromatic rings. The Morgan fingerprint density at radius 1 is 1.42 bits per heavy atom. The molecule has 2 rings (SSSR count). The molecule has 1 saturated heterocycles. The Balaban J connectivity index is 2.11. The summed E-state index contributed by atoms with van der Waals surface area (Å²) < 4.78 is 5.07. The van der Waals surface area contributed by atoms with Crippen molar-refractivity contribution in [1.29, 1.82) is 0 Å². The van der Waals surface area contributed by atoms with Gasteiger partial charge in [0.15, 0.2) is 0 Å². The number of likely N-dealkylation sites (tertiary alicyclic amines) is 1.